The van der Waals surface area contributed by atoms with Crippen LogP contribution in [0, 0.1) is 0 Å². The summed E-state index contributed by atoms with van der Waals surface area (Å²) in [7, 11) is 0. The van der Waals surface area contributed by atoms with Gasteiger partial charge in [-0.15, -0.1) is 0 Å². The standard InChI is InChI=1S/C18H22ClN3/c19-17-8-9-18(20-15-17)22-13-11-21(12-14-22)10-4-7-16-5-2-1-3-6-16/h1-3,5-6,8-9,15H,4,7,10-14H2. The number of pyridine rings is 1. The number of benzene rings is 1. The predicted molar refractivity (Wildman–Crippen MR) is 92.7 cm³/mol. The topological polar surface area (TPSA) is 19.4 Å². The van der Waals surface area contributed by atoms with Gasteiger partial charge >= 0.3 is 0 Å². The number of hydrogen-bond donors (Lipinski definition) is 0. The Morgan fingerprint density at radius 3 is 2.41 bits per heavy atom. The molecule has 1 aliphatic rings. The van der Waals surface area contributed by atoms with Crippen molar-refractivity contribution in [1.82, 2.24) is 9.88 Å². The summed E-state index contributed by atoms with van der Waals surface area (Å²) in [5.74, 6) is 1.04. The van der Waals surface area contributed by atoms with Crippen molar-refractivity contribution in [3.8, 4) is 0 Å². The molecule has 0 aliphatic carbocycles. The molecule has 1 fully saturated rings. The lowest BCUT2D eigenvalue weighted by Gasteiger charge is -2.35. The SMILES string of the molecule is Clc1ccc(N2CCN(CCCc3ccccc3)CC2)nc1. The van der Waals surface area contributed by atoms with Crippen LogP contribution in [0.1, 0.15) is 12.0 Å². The van der Waals surface area contributed by atoms with E-state index in [0.29, 0.717) is 5.02 Å². The summed E-state index contributed by atoms with van der Waals surface area (Å²) < 4.78 is 0. The van der Waals surface area contributed by atoms with Gasteiger partial charge in [-0.25, -0.2) is 4.98 Å². The van der Waals surface area contributed by atoms with Crippen molar-refractivity contribution in [1.29, 1.82) is 0 Å². The van der Waals surface area contributed by atoms with Crippen LogP contribution >= 0.6 is 11.6 Å². The highest BCUT2D eigenvalue weighted by molar-refractivity contribution is 6.30. The second-order valence-electron chi connectivity index (χ2n) is 5.75. The Morgan fingerprint density at radius 2 is 1.73 bits per heavy atom. The highest BCUT2D eigenvalue weighted by Gasteiger charge is 2.17. The van der Waals surface area contributed by atoms with Crippen LogP contribution in [0.25, 0.3) is 0 Å². The molecule has 3 nitrogen and oxygen atoms in total. The van der Waals surface area contributed by atoms with Crippen molar-refractivity contribution in [3.05, 3.63) is 59.2 Å². The Labute approximate surface area is 137 Å². The average Bonchev–Trinajstić information content (AvgIpc) is 2.57. The minimum absolute atomic E-state index is 0.697. The van der Waals surface area contributed by atoms with Crippen LogP contribution in [-0.4, -0.2) is 42.6 Å². The van der Waals surface area contributed by atoms with E-state index in [1.807, 2.05) is 12.1 Å². The highest BCUT2D eigenvalue weighted by Crippen LogP contribution is 2.16. The van der Waals surface area contributed by atoms with Crippen molar-refractivity contribution in [2.75, 3.05) is 37.6 Å². The molecular weight excluding hydrogens is 294 g/mol. The quantitative estimate of drug-likeness (QED) is 0.842. The second kappa shape index (κ2) is 7.61. The summed E-state index contributed by atoms with van der Waals surface area (Å²) in [5.41, 5.74) is 1.44. The molecule has 0 bridgehead atoms. The molecule has 0 spiro atoms. The minimum atomic E-state index is 0.697. The molecule has 0 atom stereocenters. The maximum absolute atomic E-state index is 5.89. The smallest absolute Gasteiger partial charge is 0.128 e. The number of aromatic nitrogens is 1. The van der Waals surface area contributed by atoms with Crippen LogP contribution in [0.15, 0.2) is 48.7 Å². The molecule has 2 heterocycles. The van der Waals surface area contributed by atoms with Gasteiger partial charge in [-0.3, -0.25) is 4.90 Å². The molecule has 0 unspecified atom stereocenters. The van der Waals surface area contributed by atoms with Gasteiger partial charge in [0, 0.05) is 32.4 Å². The van der Waals surface area contributed by atoms with Crippen molar-refractivity contribution < 1.29 is 0 Å². The molecule has 4 heteroatoms. The first-order chi connectivity index (χ1) is 10.8. The number of anilines is 1. The van der Waals surface area contributed by atoms with Crippen LogP contribution in [-0.2, 0) is 6.42 Å². The maximum Gasteiger partial charge on any atom is 0.128 e. The van der Waals surface area contributed by atoms with Gasteiger partial charge in [0.2, 0.25) is 0 Å². The summed E-state index contributed by atoms with van der Waals surface area (Å²) in [5, 5.41) is 0.697. The number of nitrogens with zero attached hydrogens (tertiary/aromatic N) is 3. The first-order valence-electron chi connectivity index (χ1n) is 7.94. The van der Waals surface area contributed by atoms with Crippen LogP contribution in [0.3, 0.4) is 0 Å². The number of aryl methyl sites for hydroxylation is 1. The zero-order valence-electron chi connectivity index (χ0n) is 12.8. The molecule has 2 aromatic rings. The molecule has 22 heavy (non-hydrogen) atoms. The third-order valence-corrected chi connectivity index (χ3v) is 4.41. The van der Waals surface area contributed by atoms with Crippen molar-refractivity contribution in [2.45, 2.75) is 12.8 Å². The molecule has 1 saturated heterocycles. The molecular formula is C18H22ClN3. The molecule has 116 valence electrons. The van der Waals surface area contributed by atoms with Crippen LogP contribution in [0.2, 0.25) is 5.02 Å². The number of rotatable bonds is 5. The third-order valence-electron chi connectivity index (χ3n) is 4.19. The van der Waals surface area contributed by atoms with E-state index in [0.717, 1.165) is 32.0 Å². The Hall–Kier alpha value is -1.58. The largest absolute Gasteiger partial charge is 0.354 e. The van der Waals surface area contributed by atoms with Gasteiger partial charge in [0.05, 0.1) is 5.02 Å². The van der Waals surface area contributed by atoms with Gasteiger partial charge in [-0.2, -0.15) is 0 Å². The Kier molecular flexibility index (Phi) is 5.30. The van der Waals surface area contributed by atoms with Crippen LogP contribution in [0.4, 0.5) is 5.82 Å². The van der Waals surface area contributed by atoms with E-state index < -0.39 is 0 Å². The van der Waals surface area contributed by atoms with Crippen molar-refractivity contribution in [3.63, 3.8) is 0 Å². The third kappa shape index (κ3) is 4.21. The summed E-state index contributed by atoms with van der Waals surface area (Å²) in [4.78, 5) is 9.29. The van der Waals surface area contributed by atoms with Crippen LogP contribution < -0.4 is 4.90 Å². The van der Waals surface area contributed by atoms with Gasteiger partial charge < -0.3 is 4.90 Å². The van der Waals surface area contributed by atoms with E-state index in [9.17, 15) is 0 Å². The molecule has 0 saturated carbocycles. The van der Waals surface area contributed by atoms with Gasteiger partial charge in [0.25, 0.3) is 0 Å². The summed E-state index contributed by atoms with van der Waals surface area (Å²) in [6.07, 6.45) is 4.12. The predicted octanol–water partition coefficient (Wildman–Crippen LogP) is 3.49. The van der Waals surface area contributed by atoms with Crippen LogP contribution in [0.5, 0.6) is 0 Å². The van der Waals surface area contributed by atoms with Crippen molar-refractivity contribution in [2.24, 2.45) is 0 Å². The molecule has 1 aliphatic heterocycles. The fourth-order valence-corrected chi connectivity index (χ4v) is 3.02. The zero-order chi connectivity index (χ0) is 15.2. The monoisotopic (exact) mass is 315 g/mol. The van der Waals surface area contributed by atoms with E-state index in [1.54, 1.807) is 6.20 Å². The lowest BCUT2D eigenvalue weighted by molar-refractivity contribution is 0.254. The molecule has 0 amide bonds. The summed E-state index contributed by atoms with van der Waals surface area (Å²) in [6.45, 7) is 5.48. The number of halogens is 1. The summed E-state index contributed by atoms with van der Waals surface area (Å²) >= 11 is 5.89. The van der Waals surface area contributed by atoms with E-state index in [-0.39, 0.29) is 0 Å². The molecule has 0 radical (unpaired) electrons. The number of piperazine rings is 1. The molecule has 3 rings (SSSR count). The molecule has 1 aromatic carbocycles. The van der Waals surface area contributed by atoms with Gasteiger partial charge in [0.15, 0.2) is 0 Å². The van der Waals surface area contributed by atoms with E-state index in [2.05, 4.69) is 45.1 Å². The molecule has 1 aromatic heterocycles. The average molecular weight is 316 g/mol. The minimum Gasteiger partial charge on any atom is -0.354 e. The molecule has 0 N–H and O–H groups in total. The first-order valence-corrected chi connectivity index (χ1v) is 8.32. The van der Waals surface area contributed by atoms with E-state index >= 15 is 0 Å². The fraction of sp³-hybridized carbons (Fsp3) is 0.389. The lowest BCUT2D eigenvalue weighted by Crippen LogP contribution is -2.47. The lowest BCUT2D eigenvalue weighted by atomic mass is 10.1. The summed E-state index contributed by atoms with van der Waals surface area (Å²) in [6, 6.07) is 14.7. The zero-order valence-corrected chi connectivity index (χ0v) is 13.5. The maximum atomic E-state index is 5.89. The highest BCUT2D eigenvalue weighted by atomic mass is 35.5. The van der Waals surface area contributed by atoms with Gasteiger partial charge in [-0.1, -0.05) is 41.9 Å². The van der Waals surface area contributed by atoms with E-state index in [4.69, 9.17) is 11.6 Å². The van der Waals surface area contributed by atoms with Crippen molar-refractivity contribution >= 4 is 17.4 Å². The Bertz CT molecular complexity index is 563. The fourth-order valence-electron chi connectivity index (χ4n) is 2.91. The Morgan fingerprint density at radius 1 is 0.955 bits per heavy atom. The van der Waals surface area contributed by atoms with Gasteiger partial charge in [-0.05, 0) is 37.1 Å². The number of hydrogen-bond acceptors (Lipinski definition) is 3. The van der Waals surface area contributed by atoms with Gasteiger partial charge in [0.1, 0.15) is 5.82 Å². The first kappa shape index (κ1) is 15.3. The van der Waals surface area contributed by atoms with E-state index in [1.165, 1.54) is 24.9 Å². The Balaban J connectivity index is 1.41. The normalized spacial score (nSPS) is 16.0. The second-order valence-corrected chi connectivity index (χ2v) is 6.19.